The molecule has 1 atom stereocenters. The van der Waals surface area contributed by atoms with Gasteiger partial charge in [0.05, 0.1) is 11.0 Å². The fourth-order valence-electron chi connectivity index (χ4n) is 4.56. The molecule has 140 valence electrons. The molecule has 1 saturated heterocycles. The molecule has 1 fully saturated rings. The van der Waals surface area contributed by atoms with E-state index < -0.39 is 0 Å². The van der Waals surface area contributed by atoms with Crippen molar-refractivity contribution in [2.24, 2.45) is 0 Å². The summed E-state index contributed by atoms with van der Waals surface area (Å²) in [6.07, 6.45) is 1.58. The summed E-state index contributed by atoms with van der Waals surface area (Å²) in [6.45, 7) is 10.1. The van der Waals surface area contributed by atoms with E-state index in [0.717, 1.165) is 30.0 Å². The zero-order valence-electron chi connectivity index (χ0n) is 16.6. The molecule has 0 unspecified atom stereocenters. The van der Waals surface area contributed by atoms with E-state index in [1.165, 1.54) is 22.2 Å². The van der Waals surface area contributed by atoms with Crippen LogP contribution in [0.2, 0.25) is 0 Å². The molecule has 4 rings (SSSR count). The van der Waals surface area contributed by atoms with Gasteiger partial charge in [-0.2, -0.15) is 0 Å². The molecule has 1 aliphatic heterocycles. The second kappa shape index (κ2) is 6.84. The fourth-order valence-corrected chi connectivity index (χ4v) is 4.56. The lowest BCUT2D eigenvalue weighted by molar-refractivity contribution is -0.117. The number of hydrogen-bond donors (Lipinski definition) is 0. The van der Waals surface area contributed by atoms with Crippen molar-refractivity contribution in [3.63, 3.8) is 0 Å². The summed E-state index contributed by atoms with van der Waals surface area (Å²) >= 11 is 0. The number of rotatable bonds is 4. The number of nitrogens with zero attached hydrogens (tertiary/aromatic N) is 3. The van der Waals surface area contributed by atoms with Crippen molar-refractivity contribution < 1.29 is 4.79 Å². The van der Waals surface area contributed by atoms with Crippen LogP contribution in [0.1, 0.15) is 48.2 Å². The Morgan fingerprint density at radius 1 is 1.11 bits per heavy atom. The quantitative estimate of drug-likeness (QED) is 0.663. The number of hydrogen-bond acceptors (Lipinski definition) is 2. The van der Waals surface area contributed by atoms with Gasteiger partial charge in [-0.15, -0.1) is 0 Å². The highest BCUT2D eigenvalue weighted by atomic mass is 16.2. The minimum atomic E-state index is 0.136. The van der Waals surface area contributed by atoms with E-state index >= 15 is 0 Å². The van der Waals surface area contributed by atoms with Crippen LogP contribution < -0.4 is 4.90 Å². The Bertz CT molecular complexity index is 995. The van der Waals surface area contributed by atoms with Gasteiger partial charge in [-0.25, -0.2) is 4.98 Å². The summed E-state index contributed by atoms with van der Waals surface area (Å²) in [4.78, 5) is 19.8. The number of benzene rings is 2. The highest BCUT2D eigenvalue weighted by molar-refractivity contribution is 5.98. The maximum absolute atomic E-state index is 12.9. The van der Waals surface area contributed by atoms with E-state index in [1.807, 2.05) is 11.0 Å². The third-order valence-electron chi connectivity index (χ3n) is 5.53. The Labute approximate surface area is 160 Å². The predicted molar refractivity (Wildman–Crippen MR) is 110 cm³/mol. The van der Waals surface area contributed by atoms with Crippen molar-refractivity contribution in [2.45, 2.75) is 53.0 Å². The van der Waals surface area contributed by atoms with Gasteiger partial charge in [0, 0.05) is 31.1 Å². The van der Waals surface area contributed by atoms with Crippen LogP contribution >= 0.6 is 0 Å². The van der Waals surface area contributed by atoms with Gasteiger partial charge in [-0.1, -0.05) is 36.8 Å². The summed E-state index contributed by atoms with van der Waals surface area (Å²) in [6, 6.07) is 12.6. The molecule has 4 nitrogen and oxygen atoms in total. The number of fused-ring (bicyclic) bond motifs is 1. The molecule has 0 aliphatic carbocycles. The highest BCUT2D eigenvalue weighted by Crippen LogP contribution is 2.36. The van der Waals surface area contributed by atoms with Crippen LogP contribution in [0.5, 0.6) is 0 Å². The molecular formula is C23H27N3O. The van der Waals surface area contributed by atoms with Crippen molar-refractivity contribution in [1.29, 1.82) is 0 Å². The molecule has 0 bridgehead atoms. The number of aromatic nitrogens is 2. The summed E-state index contributed by atoms with van der Waals surface area (Å²) in [7, 11) is 0. The average Bonchev–Trinajstić information content (AvgIpc) is 3.16. The molecule has 4 heteroatoms. The zero-order valence-corrected chi connectivity index (χ0v) is 16.6. The molecule has 0 radical (unpaired) electrons. The van der Waals surface area contributed by atoms with Crippen LogP contribution in [-0.4, -0.2) is 22.0 Å². The summed E-state index contributed by atoms with van der Waals surface area (Å²) < 4.78 is 2.31. The summed E-state index contributed by atoms with van der Waals surface area (Å²) in [5, 5.41) is 0. The monoisotopic (exact) mass is 361 g/mol. The van der Waals surface area contributed by atoms with Crippen LogP contribution in [-0.2, 0) is 11.3 Å². The third-order valence-corrected chi connectivity index (χ3v) is 5.53. The van der Waals surface area contributed by atoms with Crippen LogP contribution in [0, 0.1) is 20.8 Å². The standard InChI is InChI=1S/C23H27N3O/c1-5-10-25-20-9-7-6-8-19(20)24-23(25)18-13-21(27)26(14-18)22-16(3)11-15(2)12-17(22)4/h6-9,11-12,18H,5,10,13-14H2,1-4H3/t18-/m0/s1. The third kappa shape index (κ3) is 3.03. The SMILES string of the molecule is CCCn1c([C@H]2CC(=O)N(c3c(C)cc(C)cc3C)C2)nc2ccccc21. The topological polar surface area (TPSA) is 38.1 Å². The number of anilines is 1. The van der Waals surface area contributed by atoms with Gasteiger partial charge in [0.1, 0.15) is 5.82 Å². The Morgan fingerprint density at radius 2 is 1.81 bits per heavy atom. The summed E-state index contributed by atoms with van der Waals surface area (Å²) in [5.74, 6) is 1.39. The average molecular weight is 361 g/mol. The van der Waals surface area contributed by atoms with E-state index in [1.54, 1.807) is 0 Å². The Morgan fingerprint density at radius 3 is 2.52 bits per heavy atom. The second-order valence-electron chi connectivity index (χ2n) is 7.76. The second-order valence-corrected chi connectivity index (χ2v) is 7.76. The van der Waals surface area contributed by atoms with Gasteiger partial charge in [0.25, 0.3) is 0 Å². The number of para-hydroxylation sites is 2. The van der Waals surface area contributed by atoms with Crippen molar-refractivity contribution in [3.05, 3.63) is 58.9 Å². The van der Waals surface area contributed by atoms with Gasteiger partial charge >= 0.3 is 0 Å². The maximum Gasteiger partial charge on any atom is 0.227 e. The predicted octanol–water partition coefficient (Wildman–Crippen LogP) is 4.89. The zero-order chi connectivity index (χ0) is 19.1. The van der Waals surface area contributed by atoms with E-state index in [4.69, 9.17) is 4.98 Å². The minimum absolute atomic E-state index is 0.136. The molecule has 0 N–H and O–H groups in total. The molecular weight excluding hydrogens is 334 g/mol. The molecule has 1 aliphatic rings. The lowest BCUT2D eigenvalue weighted by Crippen LogP contribution is -2.26. The van der Waals surface area contributed by atoms with Crippen molar-refractivity contribution in [2.75, 3.05) is 11.4 Å². The molecule has 1 aromatic heterocycles. The van der Waals surface area contributed by atoms with Crippen LogP contribution in [0.4, 0.5) is 5.69 Å². The van der Waals surface area contributed by atoms with Gasteiger partial charge in [-0.3, -0.25) is 4.79 Å². The maximum atomic E-state index is 12.9. The normalized spacial score (nSPS) is 17.3. The van der Waals surface area contributed by atoms with Crippen molar-refractivity contribution >= 4 is 22.6 Å². The van der Waals surface area contributed by atoms with E-state index in [2.05, 4.69) is 62.6 Å². The number of carbonyl (C=O) groups excluding carboxylic acids is 1. The van der Waals surface area contributed by atoms with Crippen LogP contribution in [0.15, 0.2) is 36.4 Å². The smallest absolute Gasteiger partial charge is 0.227 e. The van der Waals surface area contributed by atoms with Gasteiger partial charge in [-0.05, 0) is 50.5 Å². The molecule has 2 aromatic carbocycles. The van der Waals surface area contributed by atoms with E-state index in [9.17, 15) is 4.79 Å². The fraction of sp³-hybridized carbons (Fsp3) is 0.391. The Balaban J connectivity index is 1.73. The first kappa shape index (κ1) is 17.8. The number of carbonyl (C=O) groups is 1. The van der Waals surface area contributed by atoms with Crippen molar-refractivity contribution in [3.8, 4) is 0 Å². The number of amides is 1. The molecule has 27 heavy (non-hydrogen) atoms. The summed E-state index contributed by atoms with van der Waals surface area (Å²) in [5.41, 5.74) is 6.84. The molecule has 3 aromatic rings. The van der Waals surface area contributed by atoms with E-state index in [-0.39, 0.29) is 11.8 Å². The number of aryl methyl sites for hydroxylation is 4. The molecule has 0 saturated carbocycles. The molecule has 2 heterocycles. The molecule has 1 amide bonds. The van der Waals surface area contributed by atoms with Crippen LogP contribution in [0.3, 0.4) is 0 Å². The first-order valence-electron chi connectivity index (χ1n) is 9.83. The van der Waals surface area contributed by atoms with Crippen LogP contribution in [0.25, 0.3) is 11.0 Å². The number of imidazole rings is 1. The van der Waals surface area contributed by atoms with Gasteiger partial charge in [0.2, 0.25) is 5.91 Å². The first-order chi connectivity index (χ1) is 13.0. The lowest BCUT2D eigenvalue weighted by Gasteiger charge is -2.22. The first-order valence-corrected chi connectivity index (χ1v) is 9.83. The highest BCUT2D eigenvalue weighted by Gasteiger charge is 2.35. The van der Waals surface area contributed by atoms with Gasteiger partial charge < -0.3 is 9.47 Å². The van der Waals surface area contributed by atoms with Crippen molar-refractivity contribution in [1.82, 2.24) is 9.55 Å². The Kier molecular flexibility index (Phi) is 4.50. The molecule has 0 spiro atoms. The minimum Gasteiger partial charge on any atom is -0.328 e. The lowest BCUT2D eigenvalue weighted by atomic mass is 10.0. The van der Waals surface area contributed by atoms with E-state index in [0.29, 0.717) is 13.0 Å². The largest absolute Gasteiger partial charge is 0.328 e. The van der Waals surface area contributed by atoms with Gasteiger partial charge in [0.15, 0.2) is 0 Å². The Hall–Kier alpha value is -2.62.